The molecular formula is C6H11IO5. The molecule has 0 radical (unpaired) electrons. The minimum atomic E-state index is -1.14. The van der Waals surface area contributed by atoms with E-state index in [2.05, 4.69) is 0 Å². The van der Waals surface area contributed by atoms with Crippen LogP contribution >= 0.6 is 22.6 Å². The molecular weight excluding hydrogens is 279 g/mol. The first kappa shape index (κ1) is 10.6. The Kier molecular flexibility index (Phi) is 3.68. The largest absolute Gasteiger partial charge is 0.394 e. The molecule has 12 heavy (non-hydrogen) atoms. The van der Waals surface area contributed by atoms with Crippen molar-refractivity contribution < 1.29 is 25.2 Å². The SMILES string of the molecule is OC[C@H]1O[C@H](O)[C@H](I)[C@@H](O)[C@H]1O. The molecule has 0 unspecified atom stereocenters. The van der Waals surface area contributed by atoms with E-state index < -0.39 is 35.1 Å². The molecule has 0 aromatic rings. The predicted octanol–water partition coefficient (Wildman–Crippen LogP) is -1.78. The van der Waals surface area contributed by atoms with E-state index >= 15 is 0 Å². The van der Waals surface area contributed by atoms with Crippen molar-refractivity contribution in [2.45, 2.75) is 28.5 Å². The van der Waals surface area contributed by atoms with Crippen LogP contribution in [-0.2, 0) is 4.74 Å². The molecule has 0 bridgehead atoms. The van der Waals surface area contributed by atoms with Gasteiger partial charge in [-0.3, -0.25) is 0 Å². The number of halogens is 1. The summed E-state index contributed by atoms with van der Waals surface area (Å²) in [6.07, 6.45) is -4.24. The summed E-state index contributed by atoms with van der Waals surface area (Å²) in [6.45, 7) is -0.418. The third-order valence-electron chi connectivity index (χ3n) is 1.82. The molecule has 0 aromatic carbocycles. The van der Waals surface area contributed by atoms with E-state index in [1.54, 1.807) is 22.6 Å². The lowest BCUT2D eigenvalue weighted by molar-refractivity contribution is -0.231. The van der Waals surface area contributed by atoms with Crippen molar-refractivity contribution >= 4 is 22.6 Å². The van der Waals surface area contributed by atoms with Crippen LogP contribution in [0.25, 0.3) is 0 Å². The Balaban J connectivity index is 2.63. The van der Waals surface area contributed by atoms with E-state index in [4.69, 9.17) is 14.9 Å². The van der Waals surface area contributed by atoms with Crippen LogP contribution in [0, 0.1) is 0 Å². The van der Waals surface area contributed by atoms with E-state index in [-0.39, 0.29) is 0 Å². The zero-order valence-corrected chi connectivity index (χ0v) is 8.33. The second-order valence-electron chi connectivity index (χ2n) is 2.67. The van der Waals surface area contributed by atoms with Crippen molar-refractivity contribution in [2.75, 3.05) is 6.61 Å². The summed E-state index contributed by atoms with van der Waals surface area (Å²) in [5.74, 6) is 0. The highest BCUT2D eigenvalue weighted by Gasteiger charge is 2.41. The first-order chi connectivity index (χ1) is 5.57. The van der Waals surface area contributed by atoms with E-state index in [0.717, 1.165) is 0 Å². The summed E-state index contributed by atoms with van der Waals surface area (Å²) >= 11 is 1.78. The van der Waals surface area contributed by atoms with Crippen LogP contribution in [0.15, 0.2) is 0 Å². The molecule has 0 aromatic heterocycles. The molecule has 6 heteroatoms. The van der Waals surface area contributed by atoms with Crippen LogP contribution in [-0.4, -0.2) is 55.6 Å². The molecule has 0 spiro atoms. The molecule has 1 aliphatic rings. The normalized spacial score (nSPS) is 49.2. The fourth-order valence-corrected chi connectivity index (χ4v) is 1.66. The zero-order chi connectivity index (χ0) is 9.30. The number of aliphatic hydroxyl groups is 4. The number of ether oxygens (including phenoxy) is 1. The molecule has 0 amide bonds. The average Bonchev–Trinajstić information content (AvgIpc) is 2.08. The molecule has 1 rings (SSSR count). The Hall–Kier alpha value is 0.530. The fraction of sp³-hybridized carbons (Fsp3) is 1.00. The van der Waals surface area contributed by atoms with Gasteiger partial charge < -0.3 is 25.2 Å². The molecule has 1 saturated heterocycles. The third-order valence-corrected chi connectivity index (χ3v) is 3.18. The molecule has 1 aliphatic heterocycles. The molecule has 4 N–H and O–H groups in total. The maximum absolute atomic E-state index is 9.31. The molecule has 72 valence electrons. The number of rotatable bonds is 1. The molecule has 5 atom stereocenters. The van der Waals surface area contributed by atoms with Crippen LogP contribution in [0.5, 0.6) is 0 Å². The second-order valence-corrected chi connectivity index (χ2v) is 4.11. The Morgan fingerprint density at radius 3 is 2.25 bits per heavy atom. The van der Waals surface area contributed by atoms with Crippen LogP contribution in [0.1, 0.15) is 0 Å². The van der Waals surface area contributed by atoms with E-state index in [9.17, 15) is 10.2 Å². The predicted molar refractivity (Wildman–Crippen MR) is 47.8 cm³/mol. The lowest BCUT2D eigenvalue weighted by Gasteiger charge is -2.37. The standard InChI is InChI=1S/C6H11IO5/c7-3-5(10)4(9)2(1-8)12-6(3)11/h2-6,8-11H,1H2/t2-,3-,4+,5-,6+/m1/s1. The molecule has 0 saturated carbocycles. The van der Waals surface area contributed by atoms with Crippen molar-refractivity contribution in [1.29, 1.82) is 0 Å². The average molecular weight is 290 g/mol. The summed E-state index contributed by atoms with van der Waals surface area (Å²) in [4.78, 5) is 0. The van der Waals surface area contributed by atoms with Crippen LogP contribution in [0.3, 0.4) is 0 Å². The number of hydrogen-bond donors (Lipinski definition) is 4. The van der Waals surface area contributed by atoms with Gasteiger partial charge in [-0.2, -0.15) is 0 Å². The van der Waals surface area contributed by atoms with Gasteiger partial charge in [-0.15, -0.1) is 0 Å². The van der Waals surface area contributed by atoms with E-state index in [1.165, 1.54) is 0 Å². The maximum Gasteiger partial charge on any atom is 0.169 e. The number of aliphatic hydroxyl groups excluding tert-OH is 4. The van der Waals surface area contributed by atoms with Crippen LogP contribution in [0.2, 0.25) is 0 Å². The summed E-state index contributed by atoms with van der Waals surface area (Å²) in [7, 11) is 0. The Labute approximate surface area is 83.1 Å². The van der Waals surface area contributed by atoms with Crippen molar-refractivity contribution in [1.82, 2.24) is 0 Å². The van der Waals surface area contributed by atoms with Gasteiger partial charge in [0.15, 0.2) is 6.29 Å². The lowest BCUT2D eigenvalue weighted by Crippen LogP contribution is -2.56. The minimum Gasteiger partial charge on any atom is -0.394 e. The molecule has 1 heterocycles. The highest BCUT2D eigenvalue weighted by molar-refractivity contribution is 14.1. The highest BCUT2D eigenvalue weighted by Crippen LogP contribution is 2.24. The van der Waals surface area contributed by atoms with Gasteiger partial charge in [0, 0.05) is 0 Å². The van der Waals surface area contributed by atoms with E-state index in [1.807, 2.05) is 0 Å². The van der Waals surface area contributed by atoms with E-state index in [0.29, 0.717) is 0 Å². The third kappa shape index (κ3) is 1.88. The fourth-order valence-electron chi connectivity index (χ4n) is 1.06. The van der Waals surface area contributed by atoms with Gasteiger partial charge in [0.1, 0.15) is 12.2 Å². The molecule has 1 fully saturated rings. The van der Waals surface area contributed by atoms with Gasteiger partial charge in [-0.05, 0) is 0 Å². The molecule has 0 aliphatic carbocycles. The second kappa shape index (κ2) is 4.16. The van der Waals surface area contributed by atoms with Gasteiger partial charge in [-0.1, -0.05) is 22.6 Å². The minimum absolute atomic E-state index is 0.418. The summed E-state index contributed by atoms with van der Waals surface area (Å²) in [6, 6.07) is 0. The van der Waals surface area contributed by atoms with Gasteiger partial charge in [0.2, 0.25) is 0 Å². The van der Waals surface area contributed by atoms with Gasteiger partial charge >= 0.3 is 0 Å². The van der Waals surface area contributed by atoms with Gasteiger partial charge in [0.25, 0.3) is 0 Å². The van der Waals surface area contributed by atoms with Crippen molar-refractivity contribution in [3.05, 3.63) is 0 Å². The quantitative estimate of drug-likeness (QED) is 0.339. The Morgan fingerprint density at radius 1 is 1.17 bits per heavy atom. The first-order valence-corrected chi connectivity index (χ1v) is 4.77. The monoisotopic (exact) mass is 290 g/mol. The van der Waals surface area contributed by atoms with Crippen molar-refractivity contribution in [3.63, 3.8) is 0 Å². The summed E-state index contributed by atoms with van der Waals surface area (Å²) in [5, 5.41) is 36.4. The number of hydrogen-bond acceptors (Lipinski definition) is 5. The highest BCUT2D eigenvalue weighted by atomic mass is 127. The molecule has 5 nitrogen and oxygen atoms in total. The lowest BCUT2D eigenvalue weighted by atomic mass is 10.0. The number of alkyl halides is 1. The topological polar surface area (TPSA) is 90.2 Å². The van der Waals surface area contributed by atoms with Crippen molar-refractivity contribution in [2.24, 2.45) is 0 Å². The Bertz CT molecular complexity index is 150. The Morgan fingerprint density at radius 2 is 1.75 bits per heavy atom. The first-order valence-electron chi connectivity index (χ1n) is 3.52. The summed E-state index contributed by atoms with van der Waals surface area (Å²) in [5.41, 5.74) is 0. The maximum atomic E-state index is 9.31. The van der Waals surface area contributed by atoms with Crippen LogP contribution < -0.4 is 0 Å². The smallest absolute Gasteiger partial charge is 0.169 e. The van der Waals surface area contributed by atoms with Gasteiger partial charge in [-0.25, -0.2) is 0 Å². The van der Waals surface area contributed by atoms with Gasteiger partial charge in [0.05, 0.1) is 16.6 Å². The van der Waals surface area contributed by atoms with Crippen molar-refractivity contribution in [3.8, 4) is 0 Å². The zero-order valence-electron chi connectivity index (χ0n) is 6.17. The summed E-state index contributed by atoms with van der Waals surface area (Å²) < 4.78 is 4.25. The van der Waals surface area contributed by atoms with Crippen LogP contribution in [0.4, 0.5) is 0 Å².